The molecule has 0 spiro atoms. The average molecular weight is 360 g/mol. The van der Waals surface area contributed by atoms with Gasteiger partial charge in [-0.25, -0.2) is 14.8 Å². The number of fused-ring (bicyclic) bond motifs is 1. The lowest BCUT2D eigenvalue weighted by Crippen LogP contribution is -2.31. The number of carboxylic acids is 1. The Labute approximate surface area is 157 Å². The van der Waals surface area contributed by atoms with Crippen LogP contribution in [-0.2, 0) is 13.0 Å². The summed E-state index contributed by atoms with van der Waals surface area (Å²) < 4.78 is 0. The van der Waals surface area contributed by atoms with Crippen LogP contribution >= 0.6 is 0 Å². The highest BCUT2D eigenvalue weighted by Gasteiger charge is 2.18. The first-order chi connectivity index (χ1) is 13.1. The molecule has 1 aliphatic rings. The minimum absolute atomic E-state index is 0.257. The van der Waals surface area contributed by atoms with Crippen LogP contribution in [0.5, 0.6) is 0 Å². The van der Waals surface area contributed by atoms with Crippen LogP contribution in [0.25, 0.3) is 0 Å². The van der Waals surface area contributed by atoms with Crippen LogP contribution in [0, 0.1) is 6.92 Å². The predicted octanol–water partition coefficient (Wildman–Crippen LogP) is 3.79. The number of carbonyl (C=O) groups is 1. The number of aryl methyl sites for hydroxylation is 1. The number of benzene rings is 2. The Balaban J connectivity index is 1.56. The van der Waals surface area contributed by atoms with Gasteiger partial charge in [-0.05, 0) is 48.7 Å². The Bertz CT molecular complexity index is 986. The van der Waals surface area contributed by atoms with E-state index in [4.69, 9.17) is 5.11 Å². The molecule has 0 fully saturated rings. The molecule has 2 aromatic carbocycles. The van der Waals surface area contributed by atoms with Gasteiger partial charge in [-0.1, -0.05) is 24.3 Å². The summed E-state index contributed by atoms with van der Waals surface area (Å²) in [5, 5.41) is 12.2. The largest absolute Gasteiger partial charge is 0.478 e. The van der Waals surface area contributed by atoms with Crippen molar-refractivity contribution in [3.8, 4) is 0 Å². The third-order valence-electron chi connectivity index (χ3n) is 4.68. The summed E-state index contributed by atoms with van der Waals surface area (Å²) in [7, 11) is 0. The molecule has 0 saturated heterocycles. The lowest BCUT2D eigenvalue weighted by atomic mass is 10.00. The second-order valence-corrected chi connectivity index (χ2v) is 6.61. The van der Waals surface area contributed by atoms with E-state index in [2.05, 4.69) is 44.5 Å². The Hall–Kier alpha value is -3.41. The summed E-state index contributed by atoms with van der Waals surface area (Å²) >= 11 is 0. The monoisotopic (exact) mass is 360 g/mol. The SMILES string of the molecule is Cc1nc(Nc2ccc(C(=O)O)cc2)cc(N2CCc3ccccc3C2)n1. The van der Waals surface area contributed by atoms with Gasteiger partial charge in [-0.15, -0.1) is 0 Å². The number of aromatic carboxylic acids is 1. The van der Waals surface area contributed by atoms with E-state index in [-0.39, 0.29) is 5.56 Å². The maximum Gasteiger partial charge on any atom is 0.335 e. The fraction of sp³-hybridized carbons (Fsp3) is 0.190. The number of rotatable bonds is 4. The van der Waals surface area contributed by atoms with Crippen molar-refractivity contribution in [2.75, 3.05) is 16.8 Å². The zero-order valence-corrected chi connectivity index (χ0v) is 15.0. The Morgan fingerprint density at radius 1 is 1.07 bits per heavy atom. The average Bonchev–Trinajstić information content (AvgIpc) is 2.67. The van der Waals surface area contributed by atoms with Crippen LogP contribution in [0.1, 0.15) is 27.3 Å². The molecule has 0 bridgehead atoms. The molecule has 3 aromatic rings. The standard InChI is InChI=1S/C21H20N4O2/c1-14-22-19(24-18-8-6-16(7-9-18)21(26)27)12-20(23-14)25-11-10-15-4-2-3-5-17(15)13-25/h2-9,12H,10-11,13H2,1H3,(H,26,27)(H,22,23,24). The molecule has 0 amide bonds. The van der Waals surface area contributed by atoms with E-state index in [1.54, 1.807) is 24.3 Å². The molecule has 0 aliphatic carbocycles. The van der Waals surface area contributed by atoms with Crippen LogP contribution in [0.4, 0.5) is 17.3 Å². The predicted molar refractivity (Wildman–Crippen MR) is 105 cm³/mol. The van der Waals surface area contributed by atoms with Gasteiger partial charge in [0.1, 0.15) is 17.5 Å². The summed E-state index contributed by atoms with van der Waals surface area (Å²) in [4.78, 5) is 22.3. The molecule has 27 heavy (non-hydrogen) atoms. The third-order valence-corrected chi connectivity index (χ3v) is 4.68. The molecule has 2 N–H and O–H groups in total. The topological polar surface area (TPSA) is 78.3 Å². The molecule has 0 saturated carbocycles. The highest BCUT2D eigenvalue weighted by molar-refractivity contribution is 5.88. The van der Waals surface area contributed by atoms with Crippen molar-refractivity contribution in [1.29, 1.82) is 0 Å². The van der Waals surface area contributed by atoms with Gasteiger partial charge in [-0.2, -0.15) is 0 Å². The van der Waals surface area contributed by atoms with E-state index in [1.807, 2.05) is 13.0 Å². The normalized spacial score (nSPS) is 13.1. The van der Waals surface area contributed by atoms with Crippen molar-refractivity contribution in [2.24, 2.45) is 0 Å². The van der Waals surface area contributed by atoms with Gasteiger partial charge in [-0.3, -0.25) is 0 Å². The molecule has 2 heterocycles. The summed E-state index contributed by atoms with van der Waals surface area (Å²) in [5.41, 5.74) is 3.77. The molecule has 6 heteroatoms. The zero-order chi connectivity index (χ0) is 18.8. The molecule has 136 valence electrons. The van der Waals surface area contributed by atoms with Gasteiger partial charge in [0.25, 0.3) is 0 Å². The quantitative estimate of drug-likeness (QED) is 0.737. The summed E-state index contributed by atoms with van der Waals surface area (Å²) in [6.45, 7) is 3.62. The zero-order valence-electron chi connectivity index (χ0n) is 15.0. The van der Waals surface area contributed by atoms with Crippen molar-refractivity contribution >= 4 is 23.3 Å². The number of nitrogens with one attached hydrogen (secondary N) is 1. The van der Waals surface area contributed by atoms with Crippen molar-refractivity contribution in [2.45, 2.75) is 19.9 Å². The number of hydrogen-bond acceptors (Lipinski definition) is 5. The molecule has 0 atom stereocenters. The molecular formula is C21H20N4O2. The first kappa shape index (κ1) is 17.0. The van der Waals surface area contributed by atoms with Crippen molar-refractivity contribution in [1.82, 2.24) is 9.97 Å². The van der Waals surface area contributed by atoms with Crippen LogP contribution in [-0.4, -0.2) is 27.6 Å². The van der Waals surface area contributed by atoms with Crippen LogP contribution in [0.15, 0.2) is 54.6 Å². The highest BCUT2D eigenvalue weighted by Crippen LogP contribution is 2.25. The molecule has 0 unspecified atom stereocenters. The Morgan fingerprint density at radius 3 is 2.56 bits per heavy atom. The van der Waals surface area contributed by atoms with Gasteiger partial charge in [0.15, 0.2) is 0 Å². The fourth-order valence-electron chi connectivity index (χ4n) is 3.31. The summed E-state index contributed by atoms with van der Waals surface area (Å²) in [6.07, 6.45) is 0.999. The highest BCUT2D eigenvalue weighted by atomic mass is 16.4. The van der Waals surface area contributed by atoms with E-state index in [9.17, 15) is 4.79 Å². The maximum atomic E-state index is 11.0. The van der Waals surface area contributed by atoms with E-state index in [1.165, 1.54) is 11.1 Å². The molecule has 4 rings (SSSR count). The van der Waals surface area contributed by atoms with E-state index in [0.717, 1.165) is 31.0 Å². The van der Waals surface area contributed by atoms with Crippen LogP contribution < -0.4 is 10.2 Å². The lowest BCUT2D eigenvalue weighted by molar-refractivity contribution is 0.0697. The van der Waals surface area contributed by atoms with Gasteiger partial charge >= 0.3 is 5.97 Å². The van der Waals surface area contributed by atoms with Crippen molar-refractivity contribution in [3.63, 3.8) is 0 Å². The van der Waals surface area contributed by atoms with Crippen LogP contribution in [0.2, 0.25) is 0 Å². The molecule has 1 aromatic heterocycles. The Morgan fingerprint density at radius 2 is 1.81 bits per heavy atom. The number of carboxylic acid groups (broad SMARTS) is 1. The van der Waals surface area contributed by atoms with Crippen molar-refractivity contribution in [3.05, 3.63) is 77.1 Å². The minimum Gasteiger partial charge on any atom is -0.478 e. The number of aromatic nitrogens is 2. The first-order valence-electron chi connectivity index (χ1n) is 8.86. The maximum absolute atomic E-state index is 11.0. The second kappa shape index (κ2) is 7.07. The molecule has 6 nitrogen and oxygen atoms in total. The molecule has 0 radical (unpaired) electrons. The van der Waals surface area contributed by atoms with Gasteiger partial charge in [0, 0.05) is 24.8 Å². The summed E-state index contributed by atoms with van der Waals surface area (Å²) in [5.74, 6) is 1.34. The van der Waals surface area contributed by atoms with Gasteiger partial charge < -0.3 is 15.3 Å². The van der Waals surface area contributed by atoms with Gasteiger partial charge in [0.2, 0.25) is 0 Å². The van der Waals surface area contributed by atoms with E-state index < -0.39 is 5.97 Å². The third kappa shape index (κ3) is 3.74. The fourth-order valence-corrected chi connectivity index (χ4v) is 3.31. The minimum atomic E-state index is -0.938. The lowest BCUT2D eigenvalue weighted by Gasteiger charge is -2.30. The van der Waals surface area contributed by atoms with Crippen LogP contribution in [0.3, 0.4) is 0 Å². The molecule has 1 aliphatic heterocycles. The number of anilines is 3. The Kier molecular flexibility index (Phi) is 4.46. The van der Waals surface area contributed by atoms with Crippen molar-refractivity contribution < 1.29 is 9.90 Å². The number of hydrogen-bond donors (Lipinski definition) is 2. The van der Waals surface area contributed by atoms with E-state index >= 15 is 0 Å². The second-order valence-electron chi connectivity index (χ2n) is 6.61. The first-order valence-corrected chi connectivity index (χ1v) is 8.86. The van der Waals surface area contributed by atoms with E-state index in [0.29, 0.717) is 11.6 Å². The molecular weight excluding hydrogens is 340 g/mol. The number of nitrogens with zero attached hydrogens (tertiary/aromatic N) is 3. The van der Waals surface area contributed by atoms with Gasteiger partial charge in [0.05, 0.1) is 5.56 Å². The smallest absolute Gasteiger partial charge is 0.335 e. The summed E-state index contributed by atoms with van der Waals surface area (Å²) in [6, 6.07) is 17.1.